The Morgan fingerprint density at radius 1 is 1.16 bits per heavy atom. The SMILES string of the molecule is Cc1cc(O)c(CN2C[C@H](C)O[C@@H](c3ccccc3)C2)cc1C(C)C. The molecule has 0 spiro atoms. The minimum absolute atomic E-state index is 0.0853. The third-order valence-electron chi connectivity index (χ3n) is 4.99. The molecule has 1 N–H and O–H groups in total. The summed E-state index contributed by atoms with van der Waals surface area (Å²) in [7, 11) is 0. The van der Waals surface area contributed by atoms with Crippen molar-refractivity contribution in [3.05, 3.63) is 64.7 Å². The van der Waals surface area contributed by atoms with E-state index in [0.29, 0.717) is 11.7 Å². The molecule has 3 nitrogen and oxygen atoms in total. The molecule has 0 amide bonds. The first-order chi connectivity index (χ1) is 11.9. The van der Waals surface area contributed by atoms with Crippen LogP contribution in [0.5, 0.6) is 5.75 Å². The second kappa shape index (κ2) is 7.59. The highest BCUT2D eigenvalue weighted by Crippen LogP contribution is 2.31. The highest BCUT2D eigenvalue weighted by atomic mass is 16.5. The number of hydrogen-bond acceptors (Lipinski definition) is 3. The van der Waals surface area contributed by atoms with Crippen molar-refractivity contribution in [2.75, 3.05) is 13.1 Å². The van der Waals surface area contributed by atoms with Crippen LogP contribution in [0.4, 0.5) is 0 Å². The summed E-state index contributed by atoms with van der Waals surface area (Å²) < 4.78 is 6.15. The predicted octanol–water partition coefficient (Wildman–Crippen LogP) is 4.79. The third-order valence-corrected chi connectivity index (χ3v) is 4.99. The van der Waals surface area contributed by atoms with Crippen LogP contribution in [0, 0.1) is 6.92 Å². The first kappa shape index (κ1) is 18.0. The van der Waals surface area contributed by atoms with Gasteiger partial charge in [-0.15, -0.1) is 0 Å². The molecule has 0 aromatic heterocycles. The number of phenolic OH excluding ortho intramolecular Hbond substituents is 1. The molecule has 0 radical (unpaired) electrons. The second-order valence-corrected chi connectivity index (χ2v) is 7.53. The summed E-state index contributed by atoms with van der Waals surface area (Å²) in [4.78, 5) is 2.39. The normalized spacial score (nSPS) is 21.6. The molecule has 2 atom stereocenters. The van der Waals surface area contributed by atoms with Gasteiger partial charge in [0.25, 0.3) is 0 Å². The number of hydrogen-bond donors (Lipinski definition) is 1. The molecule has 2 aromatic carbocycles. The Labute approximate surface area is 151 Å². The molecular formula is C22H29NO2. The quantitative estimate of drug-likeness (QED) is 0.869. The van der Waals surface area contributed by atoms with Gasteiger partial charge in [0.05, 0.1) is 12.2 Å². The maximum absolute atomic E-state index is 10.4. The van der Waals surface area contributed by atoms with Crippen molar-refractivity contribution in [3.8, 4) is 5.75 Å². The van der Waals surface area contributed by atoms with E-state index in [9.17, 15) is 5.11 Å². The van der Waals surface area contributed by atoms with Crippen LogP contribution in [0.2, 0.25) is 0 Å². The monoisotopic (exact) mass is 339 g/mol. The Hall–Kier alpha value is -1.84. The number of benzene rings is 2. The number of ether oxygens (including phenoxy) is 1. The third kappa shape index (κ3) is 4.23. The number of aryl methyl sites for hydroxylation is 1. The van der Waals surface area contributed by atoms with Crippen LogP contribution >= 0.6 is 0 Å². The van der Waals surface area contributed by atoms with Gasteiger partial charge in [0.15, 0.2) is 0 Å². The van der Waals surface area contributed by atoms with Crippen molar-refractivity contribution in [2.24, 2.45) is 0 Å². The predicted molar refractivity (Wildman–Crippen MR) is 102 cm³/mol. The van der Waals surface area contributed by atoms with Gasteiger partial charge in [0, 0.05) is 25.2 Å². The Kier molecular flexibility index (Phi) is 5.45. The molecule has 25 heavy (non-hydrogen) atoms. The standard InChI is InChI=1S/C22H29NO2/c1-15(2)20-11-19(21(24)10-16(20)3)13-23-12-17(4)25-22(14-23)18-8-6-5-7-9-18/h5-11,15,17,22,24H,12-14H2,1-4H3/t17-,22+/m0/s1. The fraction of sp³-hybridized carbons (Fsp3) is 0.455. The molecule has 1 aliphatic rings. The van der Waals surface area contributed by atoms with E-state index in [1.54, 1.807) is 0 Å². The molecule has 0 unspecified atom stereocenters. The van der Waals surface area contributed by atoms with Crippen LogP contribution in [-0.4, -0.2) is 29.2 Å². The van der Waals surface area contributed by atoms with Gasteiger partial charge in [0.2, 0.25) is 0 Å². The molecule has 0 aliphatic carbocycles. The molecular weight excluding hydrogens is 310 g/mol. The van der Waals surface area contributed by atoms with Gasteiger partial charge in [-0.3, -0.25) is 4.90 Å². The summed E-state index contributed by atoms with van der Waals surface area (Å²) in [6.07, 6.45) is 0.262. The lowest BCUT2D eigenvalue weighted by Gasteiger charge is -2.37. The largest absolute Gasteiger partial charge is 0.508 e. The summed E-state index contributed by atoms with van der Waals surface area (Å²) in [5.74, 6) is 0.859. The van der Waals surface area contributed by atoms with Gasteiger partial charge in [-0.25, -0.2) is 0 Å². The Bertz CT molecular complexity index is 711. The molecule has 3 heteroatoms. The number of nitrogens with zero attached hydrogens (tertiary/aromatic N) is 1. The number of aromatic hydroxyl groups is 1. The van der Waals surface area contributed by atoms with Crippen molar-refractivity contribution >= 4 is 0 Å². The fourth-order valence-electron chi connectivity index (χ4n) is 3.77. The Morgan fingerprint density at radius 3 is 2.56 bits per heavy atom. The van der Waals surface area contributed by atoms with Gasteiger partial charge in [0.1, 0.15) is 5.75 Å². The molecule has 2 aromatic rings. The lowest BCUT2D eigenvalue weighted by molar-refractivity contribution is -0.0815. The first-order valence-electron chi connectivity index (χ1n) is 9.19. The van der Waals surface area contributed by atoms with Crippen LogP contribution in [-0.2, 0) is 11.3 Å². The zero-order chi connectivity index (χ0) is 18.0. The maximum Gasteiger partial charge on any atom is 0.120 e. The highest BCUT2D eigenvalue weighted by Gasteiger charge is 2.27. The second-order valence-electron chi connectivity index (χ2n) is 7.53. The number of rotatable bonds is 4. The molecule has 0 saturated carbocycles. The van der Waals surface area contributed by atoms with E-state index in [1.165, 1.54) is 11.1 Å². The summed E-state index contributed by atoms with van der Waals surface area (Å²) in [6.45, 7) is 11.1. The van der Waals surface area contributed by atoms with Crippen LogP contribution in [0.25, 0.3) is 0 Å². The molecule has 0 bridgehead atoms. The average molecular weight is 339 g/mol. The van der Waals surface area contributed by atoms with Crippen molar-refractivity contribution < 1.29 is 9.84 Å². The Morgan fingerprint density at radius 2 is 1.88 bits per heavy atom. The molecule has 1 fully saturated rings. The van der Waals surface area contributed by atoms with Gasteiger partial charge in [-0.05, 0) is 42.5 Å². The molecule has 1 aliphatic heterocycles. The van der Waals surface area contributed by atoms with Crippen molar-refractivity contribution in [3.63, 3.8) is 0 Å². The minimum Gasteiger partial charge on any atom is -0.508 e. The summed E-state index contributed by atoms with van der Waals surface area (Å²) in [5.41, 5.74) is 4.70. The minimum atomic E-state index is 0.0853. The van der Waals surface area contributed by atoms with Gasteiger partial charge in [-0.1, -0.05) is 50.2 Å². The van der Waals surface area contributed by atoms with Crippen molar-refractivity contribution in [1.29, 1.82) is 0 Å². The molecule has 3 rings (SSSR count). The summed E-state index contributed by atoms with van der Waals surface area (Å²) in [5, 5.41) is 10.4. The average Bonchev–Trinajstić information content (AvgIpc) is 2.57. The van der Waals surface area contributed by atoms with E-state index in [1.807, 2.05) is 12.1 Å². The van der Waals surface area contributed by atoms with Gasteiger partial charge >= 0.3 is 0 Å². The zero-order valence-corrected chi connectivity index (χ0v) is 15.7. The van der Waals surface area contributed by atoms with Crippen LogP contribution in [0.1, 0.15) is 55.0 Å². The molecule has 1 saturated heterocycles. The van der Waals surface area contributed by atoms with E-state index in [-0.39, 0.29) is 12.2 Å². The molecule has 1 heterocycles. The summed E-state index contributed by atoms with van der Waals surface area (Å²) in [6, 6.07) is 14.5. The first-order valence-corrected chi connectivity index (χ1v) is 9.19. The van der Waals surface area contributed by atoms with Gasteiger partial charge in [-0.2, -0.15) is 0 Å². The lowest BCUT2D eigenvalue weighted by atomic mass is 9.95. The Balaban J connectivity index is 1.79. The van der Waals surface area contributed by atoms with Gasteiger partial charge < -0.3 is 9.84 Å². The van der Waals surface area contributed by atoms with Crippen LogP contribution < -0.4 is 0 Å². The fourth-order valence-corrected chi connectivity index (χ4v) is 3.77. The summed E-state index contributed by atoms with van der Waals surface area (Å²) >= 11 is 0. The van der Waals surface area contributed by atoms with E-state index in [4.69, 9.17) is 4.74 Å². The zero-order valence-electron chi connectivity index (χ0n) is 15.7. The maximum atomic E-state index is 10.4. The van der Waals surface area contributed by atoms with Crippen molar-refractivity contribution in [2.45, 2.75) is 52.4 Å². The number of morpholine rings is 1. The van der Waals surface area contributed by atoms with E-state index >= 15 is 0 Å². The number of phenols is 1. The lowest BCUT2D eigenvalue weighted by Crippen LogP contribution is -2.42. The van der Waals surface area contributed by atoms with E-state index in [0.717, 1.165) is 30.8 Å². The highest BCUT2D eigenvalue weighted by molar-refractivity contribution is 5.42. The smallest absolute Gasteiger partial charge is 0.120 e. The topological polar surface area (TPSA) is 32.7 Å². The molecule has 134 valence electrons. The van der Waals surface area contributed by atoms with E-state index in [2.05, 4.69) is 62.9 Å². The van der Waals surface area contributed by atoms with Crippen molar-refractivity contribution in [1.82, 2.24) is 4.90 Å². The van der Waals surface area contributed by atoms with Crippen LogP contribution in [0.15, 0.2) is 42.5 Å². The van der Waals surface area contributed by atoms with Crippen LogP contribution in [0.3, 0.4) is 0 Å². The van der Waals surface area contributed by atoms with E-state index < -0.39 is 0 Å².